The SMILES string of the molecule is CN(CC(=O)N1CCN(S(=O)(=O)Cc2ccccc2)CC1)Cc1cccc(Cl)c1Cl. The zero-order valence-corrected chi connectivity index (χ0v) is 19.1. The number of rotatable bonds is 7. The molecule has 1 aliphatic rings. The summed E-state index contributed by atoms with van der Waals surface area (Å²) in [5.41, 5.74) is 1.62. The molecule has 1 amide bonds. The summed E-state index contributed by atoms with van der Waals surface area (Å²) < 4.78 is 26.8. The van der Waals surface area contributed by atoms with Crippen LogP contribution >= 0.6 is 23.2 Å². The Labute approximate surface area is 188 Å². The van der Waals surface area contributed by atoms with Gasteiger partial charge >= 0.3 is 0 Å². The highest BCUT2D eigenvalue weighted by Gasteiger charge is 2.29. The number of benzene rings is 2. The van der Waals surface area contributed by atoms with Crippen LogP contribution in [0.3, 0.4) is 0 Å². The second-order valence-electron chi connectivity index (χ2n) is 7.41. The van der Waals surface area contributed by atoms with Gasteiger partial charge in [-0.25, -0.2) is 8.42 Å². The van der Waals surface area contributed by atoms with E-state index in [0.29, 0.717) is 42.8 Å². The zero-order valence-electron chi connectivity index (χ0n) is 16.8. The van der Waals surface area contributed by atoms with Crippen LogP contribution in [-0.2, 0) is 27.1 Å². The number of likely N-dealkylation sites (N-methyl/N-ethyl adjacent to an activating group) is 1. The van der Waals surface area contributed by atoms with Crippen molar-refractivity contribution in [2.45, 2.75) is 12.3 Å². The van der Waals surface area contributed by atoms with E-state index in [4.69, 9.17) is 23.2 Å². The molecule has 0 spiro atoms. The van der Waals surface area contributed by atoms with Crippen molar-refractivity contribution in [1.29, 1.82) is 0 Å². The smallest absolute Gasteiger partial charge is 0.236 e. The highest BCUT2D eigenvalue weighted by atomic mass is 35.5. The molecular formula is C21H25Cl2N3O3S. The number of piperazine rings is 1. The average Bonchev–Trinajstić information content (AvgIpc) is 2.72. The Kier molecular flexibility index (Phi) is 7.76. The first-order chi connectivity index (χ1) is 14.3. The third kappa shape index (κ3) is 5.95. The summed E-state index contributed by atoms with van der Waals surface area (Å²) in [6.45, 7) is 2.11. The van der Waals surface area contributed by atoms with E-state index in [1.165, 1.54) is 4.31 Å². The van der Waals surface area contributed by atoms with Crippen LogP contribution < -0.4 is 0 Å². The predicted molar refractivity (Wildman–Crippen MR) is 120 cm³/mol. The number of carbonyl (C=O) groups excluding carboxylic acids is 1. The summed E-state index contributed by atoms with van der Waals surface area (Å²) in [4.78, 5) is 16.2. The maximum absolute atomic E-state index is 12.7. The maximum atomic E-state index is 12.7. The molecule has 0 radical (unpaired) electrons. The van der Waals surface area contributed by atoms with Crippen LogP contribution in [0.25, 0.3) is 0 Å². The second kappa shape index (κ2) is 10.1. The molecule has 1 saturated heterocycles. The molecule has 30 heavy (non-hydrogen) atoms. The van der Waals surface area contributed by atoms with Crippen molar-refractivity contribution in [3.63, 3.8) is 0 Å². The van der Waals surface area contributed by atoms with Crippen LogP contribution in [0, 0.1) is 0 Å². The minimum atomic E-state index is -3.40. The zero-order chi connectivity index (χ0) is 21.7. The standard InChI is InChI=1S/C21H25Cl2N3O3S/c1-24(14-18-8-5-9-19(22)21(18)23)15-20(27)25-10-12-26(13-11-25)30(28,29)16-17-6-3-2-4-7-17/h2-9H,10-16H2,1H3. The molecule has 1 fully saturated rings. The van der Waals surface area contributed by atoms with E-state index in [1.807, 2.05) is 42.3 Å². The maximum Gasteiger partial charge on any atom is 0.236 e. The van der Waals surface area contributed by atoms with Gasteiger partial charge in [-0.3, -0.25) is 9.69 Å². The first-order valence-corrected chi connectivity index (χ1v) is 12.0. The molecule has 0 saturated carbocycles. The van der Waals surface area contributed by atoms with E-state index in [2.05, 4.69) is 0 Å². The molecule has 0 unspecified atom stereocenters. The number of halogens is 2. The van der Waals surface area contributed by atoms with E-state index >= 15 is 0 Å². The number of amides is 1. The van der Waals surface area contributed by atoms with Gasteiger partial charge in [-0.05, 0) is 24.2 Å². The van der Waals surface area contributed by atoms with Gasteiger partial charge < -0.3 is 4.90 Å². The van der Waals surface area contributed by atoms with E-state index in [-0.39, 0.29) is 18.2 Å². The van der Waals surface area contributed by atoms with Crippen LogP contribution in [0.2, 0.25) is 10.0 Å². The average molecular weight is 470 g/mol. The Balaban J connectivity index is 1.50. The largest absolute Gasteiger partial charge is 0.339 e. The summed E-state index contributed by atoms with van der Waals surface area (Å²) in [6.07, 6.45) is 0. The Morgan fingerprint density at radius 3 is 2.33 bits per heavy atom. The van der Waals surface area contributed by atoms with E-state index < -0.39 is 10.0 Å². The van der Waals surface area contributed by atoms with Crippen LogP contribution in [0.4, 0.5) is 0 Å². The third-order valence-corrected chi connectivity index (χ3v) is 7.76. The lowest BCUT2D eigenvalue weighted by Crippen LogP contribution is -2.52. The normalized spacial score (nSPS) is 15.5. The van der Waals surface area contributed by atoms with Gasteiger partial charge in [-0.2, -0.15) is 4.31 Å². The predicted octanol–water partition coefficient (Wildman–Crippen LogP) is 3.10. The van der Waals surface area contributed by atoms with Crippen molar-refractivity contribution in [2.75, 3.05) is 39.8 Å². The minimum Gasteiger partial charge on any atom is -0.339 e. The fourth-order valence-corrected chi connectivity index (χ4v) is 5.34. The Morgan fingerprint density at radius 2 is 1.67 bits per heavy atom. The van der Waals surface area contributed by atoms with Crippen molar-refractivity contribution in [3.05, 3.63) is 69.7 Å². The van der Waals surface area contributed by atoms with Gasteiger partial charge in [0, 0.05) is 32.7 Å². The Hall–Kier alpha value is -1.64. The topological polar surface area (TPSA) is 60.9 Å². The van der Waals surface area contributed by atoms with Gasteiger partial charge in [0.1, 0.15) is 0 Å². The van der Waals surface area contributed by atoms with Crippen LogP contribution in [0.1, 0.15) is 11.1 Å². The molecule has 6 nitrogen and oxygen atoms in total. The van der Waals surface area contributed by atoms with Gasteiger partial charge in [0.15, 0.2) is 0 Å². The molecule has 3 rings (SSSR count). The van der Waals surface area contributed by atoms with Gasteiger partial charge in [-0.1, -0.05) is 65.7 Å². The van der Waals surface area contributed by atoms with Gasteiger partial charge in [0.25, 0.3) is 0 Å². The number of nitrogens with zero attached hydrogens (tertiary/aromatic N) is 3. The molecule has 9 heteroatoms. The molecule has 0 aliphatic carbocycles. The molecule has 2 aromatic carbocycles. The number of sulfonamides is 1. The molecule has 0 aromatic heterocycles. The molecule has 0 N–H and O–H groups in total. The summed E-state index contributed by atoms with van der Waals surface area (Å²) in [7, 11) is -1.56. The second-order valence-corrected chi connectivity index (χ2v) is 10.2. The summed E-state index contributed by atoms with van der Waals surface area (Å²) in [6, 6.07) is 14.6. The molecule has 0 atom stereocenters. The van der Waals surface area contributed by atoms with Crippen molar-refractivity contribution in [3.8, 4) is 0 Å². The monoisotopic (exact) mass is 469 g/mol. The Bertz CT molecular complexity index is 978. The van der Waals surface area contributed by atoms with Crippen molar-refractivity contribution in [2.24, 2.45) is 0 Å². The van der Waals surface area contributed by atoms with Crippen LogP contribution in [-0.4, -0.2) is 68.2 Å². The molecule has 1 heterocycles. The molecule has 2 aromatic rings. The minimum absolute atomic E-state index is 0.0229. The highest BCUT2D eigenvalue weighted by molar-refractivity contribution is 7.88. The fraction of sp³-hybridized carbons (Fsp3) is 0.381. The lowest BCUT2D eigenvalue weighted by Gasteiger charge is -2.34. The molecular weight excluding hydrogens is 445 g/mol. The third-order valence-electron chi connectivity index (χ3n) is 5.05. The number of carbonyl (C=O) groups is 1. The van der Waals surface area contributed by atoms with Crippen LogP contribution in [0.15, 0.2) is 48.5 Å². The van der Waals surface area contributed by atoms with Crippen molar-refractivity contribution < 1.29 is 13.2 Å². The van der Waals surface area contributed by atoms with E-state index in [1.54, 1.807) is 23.1 Å². The van der Waals surface area contributed by atoms with Crippen molar-refractivity contribution in [1.82, 2.24) is 14.1 Å². The van der Waals surface area contributed by atoms with Gasteiger partial charge in [0.2, 0.25) is 15.9 Å². The first-order valence-electron chi connectivity index (χ1n) is 9.67. The fourth-order valence-electron chi connectivity index (χ4n) is 3.44. The first kappa shape index (κ1) is 23.0. The van der Waals surface area contributed by atoms with Crippen LogP contribution in [0.5, 0.6) is 0 Å². The summed E-state index contributed by atoms with van der Waals surface area (Å²) >= 11 is 12.3. The van der Waals surface area contributed by atoms with Crippen molar-refractivity contribution >= 4 is 39.1 Å². The number of hydrogen-bond acceptors (Lipinski definition) is 4. The molecule has 162 valence electrons. The lowest BCUT2D eigenvalue weighted by molar-refractivity contribution is -0.133. The molecule has 1 aliphatic heterocycles. The van der Waals surface area contributed by atoms with Gasteiger partial charge in [-0.15, -0.1) is 0 Å². The van der Waals surface area contributed by atoms with E-state index in [0.717, 1.165) is 11.1 Å². The lowest BCUT2D eigenvalue weighted by atomic mass is 10.2. The quantitative estimate of drug-likeness (QED) is 0.624. The summed E-state index contributed by atoms with van der Waals surface area (Å²) in [5.74, 6) is -0.0546. The van der Waals surface area contributed by atoms with Gasteiger partial charge in [0.05, 0.1) is 22.3 Å². The van der Waals surface area contributed by atoms with E-state index in [9.17, 15) is 13.2 Å². The Morgan fingerprint density at radius 1 is 1.00 bits per heavy atom. The number of hydrogen-bond donors (Lipinski definition) is 0. The highest BCUT2D eigenvalue weighted by Crippen LogP contribution is 2.26. The molecule has 0 bridgehead atoms. The summed E-state index contributed by atoms with van der Waals surface area (Å²) in [5, 5.41) is 0.984.